The number of hydrogen-bond donors (Lipinski definition) is 3. The monoisotopic (exact) mass is 592 g/mol. The van der Waals surface area contributed by atoms with E-state index in [2.05, 4.69) is 30.2 Å². The van der Waals surface area contributed by atoms with Crippen molar-refractivity contribution in [2.45, 2.75) is 12.9 Å². The van der Waals surface area contributed by atoms with Crippen LogP contribution >= 0.6 is 11.6 Å². The highest BCUT2D eigenvalue weighted by molar-refractivity contribution is 6.36. The van der Waals surface area contributed by atoms with Gasteiger partial charge in [0.05, 0.1) is 16.1 Å². The lowest BCUT2D eigenvalue weighted by atomic mass is 10.1. The maximum atomic E-state index is 14.8. The van der Waals surface area contributed by atoms with Crippen molar-refractivity contribution in [2.75, 3.05) is 43.9 Å². The van der Waals surface area contributed by atoms with Crippen LogP contribution in [0.25, 0.3) is 11.0 Å². The number of anilines is 2. The number of nitrogens with zero attached hydrogens (tertiary/aromatic N) is 3. The second-order valence-electron chi connectivity index (χ2n) is 9.44. The van der Waals surface area contributed by atoms with E-state index >= 15 is 0 Å². The first-order chi connectivity index (χ1) is 19.5. The van der Waals surface area contributed by atoms with Gasteiger partial charge in [-0.15, -0.1) is 13.2 Å². The Kier molecular flexibility index (Phi) is 8.20. The number of ether oxygens (including phenoxy) is 2. The molecule has 4 aromatic rings. The van der Waals surface area contributed by atoms with Crippen LogP contribution in [-0.2, 0) is 6.54 Å². The summed E-state index contributed by atoms with van der Waals surface area (Å²) in [6.07, 6.45) is -1.86. The number of carbonyl (C=O) groups is 1. The van der Waals surface area contributed by atoms with E-state index < -0.39 is 24.0 Å². The molecule has 0 aliphatic carbocycles. The van der Waals surface area contributed by atoms with Crippen molar-refractivity contribution < 1.29 is 31.8 Å². The number of H-pyrrole nitrogens is 1. The number of aromatic nitrogens is 2. The minimum Gasteiger partial charge on any atom is -0.456 e. The average Bonchev–Trinajstić information content (AvgIpc) is 3.29. The molecule has 1 fully saturated rings. The van der Waals surface area contributed by atoms with Gasteiger partial charge in [0.25, 0.3) is 0 Å². The van der Waals surface area contributed by atoms with Gasteiger partial charge in [-0.1, -0.05) is 17.7 Å². The number of fused-ring (bicyclic) bond motifs is 1. The molecule has 2 amide bonds. The van der Waals surface area contributed by atoms with E-state index in [-0.39, 0.29) is 23.7 Å². The molecule has 1 aliphatic heterocycles. The summed E-state index contributed by atoms with van der Waals surface area (Å²) < 4.78 is 64.2. The summed E-state index contributed by atoms with van der Waals surface area (Å²) in [5, 5.41) is 5.67. The number of hydrogen-bond acceptors (Lipinski definition) is 6. The van der Waals surface area contributed by atoms with Gasteiger partial charge >= 0.3 is 12.4 Å². The van der Waals surface area contributed by atoms with Crippen molar-refractivity contribution in [3.8, 4) is 17.2 Å². The highest BCUT2D eigenvalue weighted by atomic mass is 35.5. The van der Waals surface area contributed by atoms with Gasteiger partial charge < -0.3 is 30.0 Å². The summed E-state index contributed by atoms with van der Waals surface area (Å²) in [4.78, 5) is 23.8. The Bertz CT molecular complexity index is 1560. The predicted octanol–water partition coefficient (Wildman–Crippen LogP) is 6.44. The van der Waals surface area contributed by atoms with Crippen LogP contribution in [0.5, 0.6) is 17.2 Å². The molecule has 0 radical (unpaired) electrons. The molecular formula is C27H25ClF4N6O3. The molecule has 216 valence electrons. The van der Waals surface area contributed by atoms with Crippen molar-refractivity contribution in [3.05, 3.63) is 71.3 Å². The SMILES string of the molecule is CN1CCN(Cc2ccc(NC(=O)Nc3ccc(Oc4ccnc5[nH]cc(Cl)c45)cc3F)cc2OC(F)(F)F)CC1. The van der Waals surface area contributed by atoms with E-state index in [0.29, 0.717) is 40.5 Å². The number of aromatic amines is 1. The molecule has 5 rings (SSSR count). The van der Waals surface area contributed by atoms with Crippen LogP contribution in [0.15, 0.2) is 54.9 Å². The third-order valence-corrected chi connectivity index (χ3v) is 6.74. The summed E-state index contributed by atoms with van der Waals surface area (Å²) in [6, 6.07) is 8.53. The van der Waals surface area contributed by atoms with Crippen molar-refractivity contribution in [1.82, 2.24) is 19.8 Å². The summed E-state index contributed by atoms with van der Waals surface area (Å²) in [7, 11) is 1.98. The highest BCUT2D eigenvalue weighted by Crippen LogP contribution is 2.35. The number of nitrogens with one attached hydrogen (secondary N) is 3. The second-order valence-corrected chi connectivity index (χ2v) is 9.85. The topological polar surface area (TPSA) is 94.8 Å². The zero-order valence-electron chi connectivity index (χ0n) is 21.7. The normalized spacial score (nSPS) is 14.7. The molecule has 9 nitrogen and oxygen atoms in total. The Hall–Kier alpha value is -4.07. The number of benzene rings is 2. The number of likely N-dealkylation sites (N-methyl/N-ethyl adjacent to an activating group) is 1. The number of halogens is 5. The molecule has 3 heterocycles. The summed E-state index contributed by atoms with van der Waals surface area (Å²) >= 11 is 6.18. The van der Waals surface area contributed by atoms with Crippen LogP contribution in [0, 0.1) is 5.82 Å². The third-order valence-electron chi connectivity index (χ3n) is 6.44. The molecule has 3 N–H and O–H groups in total. The molecule has 41 heavy (non-hydrogen) atoms. The van der Waals surface area contributed by atoms with Crippen LogP contribution in [0.3, 0.4) is 0 Å². The van der Waals surface area contributed by atoms with Gasteiger partial charge in [0, 0.05) is 68.5 Å². The van der Waals surface area contributed by atoms with E-state index in [1.165, 1.54) is 30.5 Å². The van der Waals surface area contributed by atoms with E-state index in [1.54, 1.807) is 12.3 Å². The quantitative estimate of drug-likeness (QED) is 0.214. The lowest BCUT2D eigenvalue weighted by Crippen LogP contribution is -2.43. The van der Waals surface area contributed by atoms with Gasteiger partial charge in [-0.25, -0.2) is 14.2 Å². The number of rotatable bonds is 7. The predicted molar refractivity (Wildman–Crippen MR) is 146 cm³/mol. The van der Waals surface area contributed by atoms with Gasteiger partial charge in [0.1, 0.15) is 28.7 Å². The molecule has 1 aliphatic rings. The van der Waals surface area contributed by atoms with Crippen molar-refractivity contribution >= 4 is 40.0 Å². The zero-order valence-corrected chi connectivity index (χ0v) is 22.4. The molecule has 0 unspecified atom stereocenters. The van der Waals surface area contributed by atoms with Gasteiger partial charge in [-0.3, -0.25) is 4.90 Å². The first kappa shape index (κ1) is 28.5. The van der Waals surface area contributed by atoms with E-state index in [9.17, 15) is 22.4 Å². The fraction of sp³-hybridized carbons (Fsp3) is 0.259. The van der Waals surface area contributed by atoms with Crippen LogP contribution in [0.1, 0.15) is 5.56 Å². The van der Waals surface area contributed by atoms with Crippen LogP contribution < -0.4 is 20.1 Å². The average molecular weight is 593 g/mol. The summed E-state index contributed by atoms with van der Waals surface area (Å²) in [5.41, 5.74) is 0.688. The van der Waals surface area contributed by atoms with Crippen LogP contribution in [0.2, 0.25) is 5.02 Å². The lowest BCUT2D eigenvalue weighted by molar-refractivity contribution is -0.275. The molecule has 1 saturated heterocycles. The third kappa shape index (κ3) is 7.17. The molecule has 0 saturated carbocycles. The Morgan fingerprint density at radius 3 is 2.59 bits per heavy atom. The maximum Gasteiger partial charge on any atom is 0.573 e. The first-order valence-corrected chi connectivity index (χ1v) is 12.9. The minimum atomic E-state index is -4.92. The van der Waals surface area contributed by atoms with Crippen LogP contribution in [0.4, 0.5) is 33.7 Å². The molecular weight excluding hydrogens is 568 g/mol. The zero-order chi connectivity index (χ0) is 29.1. The summed E-state index contributed by atoms with van der Waals surface area (Å²) in [5.74, 6) is -0.725. The van der Waals surface area contributed by atoms with Crippen molar-refractivity contribution in [1.29, 1.82) is 0 Å². The largest absolute Gasteiger partial charge is 0.573 e. The fourth-order valence-corrected chi connectivity index (χ4v) is 4.61. The van der Waals surface area contributed by atoms with E-state index in [1.807, 2.05) is 11.9 Å². The molecule has 2 aromatic heterocycles. The molecule has 0 bridgehead atoms. The molecule has 0 atom stereocenters. The Morgan fingerprint density at radius 1 is 1.07 bits per heavy atom. The summed E-state index contributed by atoms with van der Waals surface area (Å²) in [6.45, 7) is 3.26. The smallest absolute Gasteiger partial charge is 0.456 e. The number of urea groups is 1. The number of piperazine rings is 1. The number of carbonyl (C=O) groups excluding carboxylic acids is 1. The van der Waals surface area contributed by atoms with Gasteiger partial charge in [-0.2, -0.15) is 0 Å². The molecule has 14 heteroatoms. The van der Waals surface area contributed by atoms with Gasteiger partial charge in [0.15, 0.2) is 0 Å². The number of amides is 2. The van der Waals surface area contributed by atoms with Crippen molar-refractivity contribution in [2.24, 2.45) is 0 Å². The van der Waals surface area contributed by atoms with Crippen molar-refractivity contribution in [3.63, 3.8) is 0 Å². The fourth-order valence-electron chi connectivity index (χ4n) is 4.38. The van der Waals surface area contributed by atoms with E-state index in [4.69, 9.17) is 16.3 Å². The maximum absolute atomic E-state index is 14.8. The highest BCUT2D eigenvalue weighted by Gasteiger charge is 2.32. The standard InChI is InChI=1S/C27H25ClF4N6O3/c1-37-8-10-38(11-9-37)15-16-2-3-17(12-23(16)41-27(30,31)32)35-26(39)36-21-5-4-18(13-20(21)29)40-22-6-7-33-25-24(22)19(28)14-34-25/h2-7,12-14H,8-11,15H2,1H3,(H,33,34)(H2,35,36,39). The Labute approximate surface area is 237 Å². The lowest BCUT2D eigenvalue weighted by Gasteiger charge is -2.32. The molecule has 0 spiro atoms. The van der Waals surface area contributed by atoms with E-state index in [0.717, 1.165) is 25.2 Å². The van der Waals surface area contributed by atoms with Crippen LogP contribution in [-0.4, -0.2) is 65.4 Å². The Morgan fingerprint density at radius 2 is 1.85 bits per heavy atom. The second kappa shape index (κ2) is 11.8. The van der Waals surface area contributed by atoms with Gasteiger partial charge in [0.2, 0.25) is 0 Å². The van der Waals surface area contributed by atoms with Gasteiger partial charge in [-0.05, 0) is 31.3 Å². The number of alkyl halides is 3. The Balaban J connectivity index is 1.26. The first-order valence-electron chi connectivity index (χ1n) is 12.5. The number of pyridine rings is 1. The minimum absolute atomic E-state index is 0.0364. The molecule has 2 aromatic carbocycles.